The molecule has 1 atom stereocenters. The van der Waals surface area contributed by atoms with Crippen molar-refractivity contribution < 1.29 is 24.2 Å². The number of aliphatic hydroxyl groups excluding tert-OH is 1. The molecule has 7 nitrogen and oxygen atoms in total. The molecule has 1 aliphatic heterocycles. The van der Waals surface area contributed by atoms with E-state index in [0.29, 0.717) is 28.3 Å². The minimum atomic E-state index is -0.765. The van der Waals surface area contributed by atoms with Crippen molar-refractivity contribution in [2.45, 2.75) is 12.5 Å². The molecule has 0 saturated carbocycles. The minimum absolute atomic E-state index is 0.0399. The lowest BCUT2D eigenvalue weighted by atomic mass is 9.95. The molecule has 5 rings (SSSR count). The molecule has 0 radical (unpaired) electrons. The molecule has 0 aliphatic carbocycles. The standard InChI is InChI=1S/C29H25ClN2O5/c1-36-21-9-5-18(6-10-21)27(33)25-26(17-3-7-20(30)8-4-17)32(29(35)28(25)34)14-13-19-16-31-24-12-11-22(37-2)15-23(19)24/h3-12,15-16,26,31,33H,13-14H2,1-2H3/b27-25-. The van der Waals surface area contributed by atoms with Crippen LogP contribution in [0.3, 0.4) is 0 Å². The largest absolute Gasteiger partial charge is 0.507 e. The number of fused-ring (bicyclic) bond motifs is 1. The molecule has 2 N–H and O–H groups in total. The van der Waals surface area contributed by atoms with Crippen LogP contribution < -0.4 is 9.47 Å². The molecule has 0 spiro atoms. The van der Waals surface area contributed by atoms with E-state index in [1.54, 1.807) is 62.8 Å². The number of ether oxygens (including phenoxy) is 2. The fourth-order valence-electron chi connectivity index (χ4n) is 4.74. The van der Waals surface area contributed by atoms with E-state index in [2.05, 4.69) is 4.98 Å². The molecule has 3 aromatic carbocycles. The Morgan fingerprint density at radius 1 is 0.973 bits per heavy atom. The van der Waals surface area contributed by atoms with Crippen LogP contribution in [0.5, 0.6) is 11.5 Å². The van der Waals surface area contributed by atoms with Gasteiger partial charge in [0.1, 0.15) is 17.3 Å². The quantitative estimate of drug-likeness (QED) is 0.192. The lowest BCUT2D eigenvalue weighted by Crippen LogP contribution is -2.31. The average molecular weight is 517 g/mol. The first-order valence-electron chi connectivity index (χ1n) is 11.7. The Hall–Kier alpha value is -4.23. The first-order chi connectivity index (χ1) is 17.9. The zero-order chi connectivity index (χ0) is 26.1. The maximum Gasteiger partial charge on any atom is 0.295 e. The van der Waals surface area contributed by atoms with Crippen LogP contribution in [0.1, 0.15) is 22.7 Å². The molecule has 1 aromatic heterocycles. The van der Waals surface area contributed by atoms with Crippen LogP contribution in [-0.4, -0.2) is 47.4 Å². The van der Waals surface area contributed by atoms with Gasteiger partial charge in [-0.25, -0.2) is 0 Å². The smallest absolute Gasteiger partial charge is 0.295 e. The first kappa shape index (κ1) is 24.5. The van der Waals surface area contributed by atoms with Gasteiger partial charge >= 0.3 is 0 Å². The lowest BCUT2D eigenvalue weighted by Gasteiger charge is -2.25. The van der Waals surface area contributed by atoms with Crippen LogP contribution in [0.15, 0.2) is 78.5 Å². The Bertz CT molecular complexity index is 1510. The number of ketones is 1. The molecule has 0 bridgehead atoms. The molecule has 4 aromatic rings. The summed E-state index contributed by atoms with van der Waals surface area (Å²) in [4.78, 5) is 31.3. The summed E-state index contributed by atoms with van der Waals surface area (Å²) in [5.74, 6) is -0.280. The molecular weight excluding hydrogens is 492 g/mol. The second kappa shape index (κ2) is 10.0. The Labute approximate surface area is 218 Å². The third-order valence-corrected chi connectivity index (χ3v) is 6.94. The molecule has 1 saturated heterocycles. The number of likely N-dealkylation sites (tertiary alicyclic amines) is 1. The lowest BCUT2D eigenvalue weighted by molar-refractivity contribution is -0.139. The van der Waals surface area contributed by atoms with Crippen molar-refractivity contribution in [2.24, 2.45) is 0 Å². The number of aromatic nitrogens is 1. The Morgan fingerprint density at radius 2 is 1.65 bits per heavy atom. The van der Waals surface area contributed by atoms with Gasteiger partial charge in [0.25, 0.3) is 11.7 Å². The van der Waals surface area contributed by atoms with Gasteiger partial charge in [0.2, 0.25) is 0 Å². The van der Waals surface area contributed by atoms with Crippen molar-refractivity contribution in [2.75, 3.05) is 20.8 Å². The fraction of sp³-hybridized carbons (Fsp3) is 0.172. The van der Waals surface area contributed by atoms with Gasteiger partial charge in [0.05, 0.1) is 25.8 Å². The summed E-state index contributed by atoms with van der Waals surface area (Å²) < 4.78 is 10.6. The number of carbonyl (C=O) groups excluding carboxylic acids is 2. The first-order valence-corrected chi connectivity index (χ1v) is 12.1. The SMILES string of the molecule is COc1ccc(/C(O)=C2/C(=O)C(=O)N(CCc3c[nH]c4ccc(OC)cc34)C2c2ccc(Cl)cc2)cc1. The molecule has 8 heteroatoms. The number of aromatic amines is 1. The maximum atomic E-state index is 13.3. The number of H-pyrrole nitrogens is 1. The molecule has 1 amide bonds. The van der Waals surface area contributed by atoms with Crippen molar-refractivity contribution >= 4 is 40.0 Å². The minimum Gasteiger partial charge on any atom is -0.507 e. The van der Waals surface area contributed by atoms with Gasteiger partial charge in [-0.3, -0.25) is 9.59 Å². The van der Waals surface area contributed by atoms with Crippen molar-refractivity contribution in [1.82, 2.24) is 9.88 Å². The maximum absolute atomic E-state index is 13.3. The van der Waals surface area contributed by atoms with E-state index >= 15 is 0 Å². The summed E-state index contributed by atoms with van der Waals surface area (Å²) in [7, 11) is 3.16. The number of nitrogens with one attached hydrogen (secondary N) is 1. The van der Waals surface area contributed by atoms with Gasteiger partial charge in [-0.1, -0.05) is 23.7 Å². The highest BCUT2D eigenvalue weighted by molar-refractivity contribution is 6.46. The van der Waals surface area contributed by atoms with E-state index < -0.39 is 17.7 Å². The second-order valence-electron chi connectivity index (χ2n) is 8.75. The Balaban J connectivity index is 1.54. The number of halogens is 1. The van der Waals surface area contributed by atoms with Crippen molar-refractivity contribution in [3.05, 3.63) is 100 Å². The van der Waals surface area contributed by atoms with Crippen molar-refractivity contribution in [3.8, 4) is 11.5 Å². The zero-order valence-electron chi connectivity index (χ0n) is 20.3. The predicted molar refractivity (Wildman–Crippen MR) is 142 cm³/mol. The molecule has 2 heterocycles. The van der Waals surface area contributed by atoms with Crippen molar-refractivity contribution in [1.29, 1.82) is 0 Å². The van der Waals surface area contributed by atoms with E-state index in [9.17, 15) is 14.7 Å². The molecule has 37 heavy (non-hydrogen) atoms. The second-order valence-corrected chi connectivity index (χ2v) is 9.18. The van der Waals surface area contributed by atoms with Crippen LogP contribution >= 0.6 is 11.6 Å². The van der Waals surface area contributed by atoms with Gasteiger partial charge in [0, 0.05) is 34.2 Å². The number of nitrogens with zero attached hydrogens (tertiary/aromatic N) is 1. The van der Waals surface area contributed by atoms with Crippen LogP contribution in [0, 0.1) is 0 Å². The highest BCUT2D eigenvalue weighted by atomic mass is 35.5. The summed E-state index contributed by atoms with van der Waals surface area (Å²) >= 11 is 6.11. The van der Waals surface area contributed by atoms with Gasteiger partial charge < -0.3 is 24.5 Å². The van der Waals surface area contributed by atoms with Crippen LogP contribution in [0.25, 0.3) is 16.7 Å². The third kappa shape index (κ3) is 4.54. The number of amides is 1. The highest BCUT2D eigenvalue weighted by Crippen LogP contribution is 2.40. The molecule has 1 aliphatic rings. The molecule has 188 valence electrons. The van der Waals surface area contributed by atoms with Gasteiger partial charge in [0.15, 0.2) is 0 Å². The molecular formula is C29H25ClN2O5. The Kier molecular flexibility index (Phi) is 6.63. The number of benzene rings is 3. The number of rotatable bonds is 7. The topological polar surface area (TPSA) is 91.9 Å². The Morgan fingerprint density at radius 3 is 2.32 bits per heavy atom. The average Bonchev–Trinajstić information content (AvgIpc) is 3.44. The summed E-state index contributed by atoms with van der Waals surface area (Å²) in [6.45, 7) is 0.265. The number of carbonyl (C=O) groups is 2. The van der Waals surface area contributed by atoms with E-state index in [4.69, 9.17) is 21.1 Å². The zero-order valence-corrected chi connectivity index (χ0v) is 21.1. The van der Waals surface area contributed by atoms with Gasteiger partial charge in [-0.15, -0.1) is 0 Å². The summed E-state index contributed by atoms with van der Waals surface area (Å²) in [5.41, 5.74) is 3.08. The third-order valence-electron chi connectivity index (χ3n) is 6.69. The number of Topliss-reactive ketones (excluding diaryl/α,β-unsaturated/α-hetero) is 1. The highest BCUT2D eigenvalue weighted by Gasteiger charge is 2.45. The van der Waals surface area contributed by atoms with Crippen LogP contribution in [-0.2, 0) is 16.0 Å². The van der Waals surface area contributed by atoms with E-state index in [1.807, 2.05) is 24.4 Å². The van der Waals surface area contributed by atoms with Gasteiger partial charge in [-0.2, -0.15) is 0 Å². The summed E-state index contributed by atoms with van der Waals surface area (Å²) in [5, 5.41) is 12.7. The van der Waals surface area contributed by atoms with Gasteiger partial charge in [-0.05, 0) is 72.1 Å². The monoisotopic (exact) mass is 516 g/mol. The predicted octanol–water partition coefficient (Wildman–Crippen LogP) is 5.50. The van der Waals surface area contributed by atoms with E-state index in [-0.39, 0.29) is 17.9 Å². The summed E-state index contributed by atoms with van der Waals surface area (Å²) in [6, 6.07) is 18.6. The fourth-order valence-corrected chi connectivity index (χ4v) is 4.86. The number of aliphatic hydroxyl groups is 1. The molecule has 1 fully saturated rings. The summed E-state index contributed by atoms with van der Waals surface area (Å²) in [6.07, 6.45) is 2.39. The van der Waals surface area contributed by atoms with Crippen LogP contribution in [0.2, 0.25) is 5.02 Å². The van der Waals surface area contributed by atoms with Crippen LogP contribution in [0.4, 0.5) is 0 Å². The normalized spacial score (nSPS) is 16.9. The number of methoxy groups -OCH3 is 2. The number of hydrogen-bond donors (Lipinski definition) is 2. The van der Waals surface area contributed by atoms with E-state index in [1.165, 1.54) is 4.90 Å². The van der Waals surface area contributed by atoms with Crippen molar-refractivity contribution in [3.63, 3.8) is 0 Å². The van der Waals surface area contributed by atoms with E-state index in [0.717, 1.165) is 22.2 Å². The number of hydrogen-bond acceptors (Lipinski definition) is 5. The molecule has 1 unspecified atom stereocenters.